The number of unbranched alkanes of at least 4 members (excludes halogenated alkanes) is 1. The molecule has 0 heterocycles. The van der Waals surface area contributed by atoms with Gasteiger partial charge in [-0.05, 0) is 18.8 Å². The van der Waals surface area contributed by atoms with Crippen LogP contribution in [0.1, 0.15) is 72.6 Å². The highest BCUT2D eigenvalue weighted by molar-refractivity contribution is 5.77. The fourth-order valence-corrected chi connectivity index (χ4v) is 1.80. The fraction of sp³-hybridized carbons (Fsp3) is 0.875. The lowest BCUT2D eigenvalue weighted by Gasteiger charge is -2.17. The molecule has 0 saturated carbocycles. The molecule has 0 radical (unpaired) electrons. The molecule has 0 aliphatic carbocycles. The van der Waals surface area contributed by atoms with Gasteiger partial charge in [-0.3, -0.25) is 9.59 Å². The molecule has 1 atom stereocenters. The maximum atomic E-state index is 11.7. The molecule has 118 valence electrons. The van der Waals surface area contributed by atoms with Crippen molar-refractivity contribution in [3.8, 4) is 0 Å². The lowest BCUT2D eigenvalue weighted by Crippen LogP contribution is -2.19. The maximum absolute atomic E-state index is 11.7. The van der Waals surface area contributed by atoms with Gasteiger partial charge < -0.3 is 9.47 Å². The van der Waals surface area contributed by atoms with E-state index < -0.39 is 0 Å². The summed E-state index contributed by atoms with van der Waals surface area (Å²) in [6.45, 7) is 8.56. The summed E-state index contributed by atoms with van der Waals surface area (Å²) in [6.07, 6.45) is 5.18. The first-order chi connectivity index (χ1) is 9.49. The van der Waals surface area contributed by atoms with Gasteiger partial charge in [0.05, 0.1) is 19.4 Å². The molecule has 1 unspecified atom stereocenters. The van der Waals surface area contributed by atoms with Crippen molar-refractivity contribution >= 4 is 11.9 Å². The summed E-state index contributed by atoms with van der Waals surface area (Å²) < 4.78 is 10.4. The highest BCUT2D eigenvalue weighted by Gasteiger charge is 2.15. The van der Waals surface area contributed by atoms with E-state index in [1.807, 2.05) is 13.8 Å². The molecule has 0 aromatic rings. The number of rotatable bonds is 11. The third-order valence-corrected chi connectivity index (χ3v) is 2.90. The molecule has 0 N–H and O–H groups in total. The number of esters is 2. The predicted octanol–water partition coefficient (Wildman–Crippen LogP) is 3.87. The number of carbonyl (C=O) groups excluding carboxylic acids is 2. The van der Waals surface area contributed by atoms with Gasteiger partial charge in [0.1, 0.15) is 6.10 Å². The quantitative estimate of drug-likeness (QED) is 0.541. The van der Waals surface area contributed by atoms with Crippen molar-refractivity contribution in [3.63, 3.8) is 0 Å². The molecular weight excluding hydrogens is 256 g/mol. The summed E-state index contributed by atoms with van der Waals surface area (Å²) in [6, 6.07) is 0. The topological polar surface area (TPSA) is 52.6 Å². The second-order valence-electron chi connectivity index (χ2n) is 5.62. The van der Waals surface area contributed by atoms with Crippen LogP contribution in [-0.2, 0) is 19.1 Å². The first-order valence-corrected chi connectivity index (χ1v) is 7.84. The third-order valence-electron chi connectivity index (χ3n) is 2.90. The van der Waals surface area contributed by atoms with E-state index in [4.69, 9.17) is 9.47 Å². The van der Waals surface area contributed by atoms with E-state index in [0.717, 1.165) is 32.1 Å². The maximum Gasteiger partial charge on any atom is 0.306 e. The Hall–Kier alpha value is -1.06. The van der Waals surface area contributed by atoms with Gasteiger partial charge in [-0.15, -0.1) is 0 Å². The van der Waals surface area contributed by atoms with Crippen LogP contribution in [0, 0.1) is 5.92 Å². The van der Waals surface area contributed by atoms with Crippen molar-refractivity contribution in [3.05, 3.63) is 0 Å². The van der Waals surface area contributed by atoms with Gasteiger partial charge in [-0.25, -0.2) is 0 Å². The Balaban J connectivity index is 3.91. The van der Waals surface area contributed by atoms with Crippen molar-refractivity contribution < 1.29 is 19.1 Å². The predicted molar refractivity (Wildman–Crippen MR) is 79.3 cm³/mol. The van der Waals surface area contributed by atoms with Crippen molar-refractivity contribution in [2.75, 3.05) is 6.61 Å². The van der Waals surface area contributed by atoms with Crippen LogP contribution in [0.4, 0.5) is 0 Å². The normalized spacial score (nSPS) is 12.2. The van der Waals surface area contributed by atoms with E-state index in [2.05, 4.69) is 13.8 Å². The second kappa shape index (κ2) is 11.7. The van der Waals surface area contributed by atoms with Crippen LogP contribution in [0.15, 0.2) is 0 Å². The lowest BCUT2D eigenvalue weighted by atomic mass is 10.1. The standard InChI is InChI=1S/C16H30O4/c1-5-7-9-14(8-6-2)20-16(18)11-10-15(17)19-12-13(3)4/h13-14H,5-12H2,1-4H3. The molecule has 0 rings (SSSR count). The Morgan fingerprint density at radius 1 is 0.950 bits per heavy atom. The molecule has 4 heteroatoms. The molecule has 0 aromatic carbocycles. The summed E-state index contributed by atoms with van der Waals surface area (Å²) in [5, 5.41) is 0. The van der Waals surface area contributed by atoms with Crippen LogP contribution in [0.5, 0.6) is 0 Å². The minimum absolute atomic E-state index is 0.000801. The lowest BCUT2D eigenvalue weighted by molar-refractivity contribution is -0.154. The molecular formula is C16H30O4. The summed E-state index contributed by atoms with van der Waals surface area (Å²) in [5.41, 5.74) is 0. The SMILES string of the molecule is CCCCC(CCC)OC(=O)CCC(=O)OCC(C)C. The van der Waals surface area contributed by atoms with Crippen molar-refractivity contribution in [1.29, 1.82) is 0 Å². The Bertz CT molecular complexity index is 274. The number of hydrogen-bond acceptors (Lipinski definition) is 4. The van der Waals surface area contributed by atoms with Crippen LogP contribution < -0.4 is 0 Å². The Labute approximate surface area is 123 Å². The Morgan fingerprint density at radius 2 is 1.60 bits per heavy atom. The van der Waals surface area contributed by atoms with E-state index in [9.17, 15) is 9.59 Å². The first-order valence-electron chi connectivity index (χ1n) is 7.84. The zero-order valence-electron chi connectivity index (χ0n) is 13.4. The van der Waals surface area contributed by atoms with Crippen molar-refractivity contribution in [1.82, 2.24) is 0 Å². The van der Waals surface area contributed by atoms with E-state index in [-0.39, 0.29) is 30.9 Å². The zero-order valence-corrected chi connectivity index (χ0v) is 13.4. The molecule has 0 bridgehead atoms. The third kappa shape index (κ3) is 10.8. The molecule has 0 saturated heterocycles. The fourth-order valence-electron chi connectivity index (χ4n) is 1.80. The molecule has 0 aliphatic rings. The van der Waals surface area contributed by atoms with Gasteiger partial charge >= 0.3 is 11.9 Å². The smallest absolute Gasteiger partial charge is 0.306 e. The largest absolute Gasteiger partial charge is 0.465 e. The average Bonchev–Trinajstić information content (AvgIpc) is 2.40. The molecule has 0 aliphatic heterocycles. The molecule has 0 amide bonds. The highest BCUT2D eigenvalue weighted by Crippen LogP contribution is 2.12. The summed E-state index contributed by atoms with van der Waals surface area (Å²) >= 11 is 0. The minimum atomic E-state index is -0.323. The Kier molecular flexibility index (Phi) is 11.1. The zero-order chi connectivity index (χ0) is 15.4. The van der Waals surface area contributed by atoms with Gasteiger partial charge in [0.15, 0.2) is 0 Å². The highest BCUT2D eigenvalue weighted by atomic mass is 16.5. The van der Waals surface area contributed by atoms with Crippen LogP contribution >= 0.6 is 0 Å². The van der Waals surface area contributed by atoms with Gasteiger partial charge in [0, 0.05) is 0 Å². The number of ether oxygens (including phenoxy) is 2. The van der Waals surface area contributed by atoms with E-state index in [1.165, 1.54) is 0 Å². The first kappa shape index (κ1) is 18.9. The van der Waals surface area contributed by atoms with Gasteiger partial charge in [0.2, 0.25) is 0 Å². The summed E-state index contributed by atoms with van der Waals surface area (Å²) in [4.78, 5) is 23.1. The number of hydrogen-bond donors (Lipinski definition) is 0. The van der Waals surface area contributed by atoms with E-state index in [1.54, 1.807) is 0 Å². The monoisotopic (exact) mass is 286 g/mol. The van der Waals surface area contributed by atoms with Crippen LogP contribution in [-0.4, -0.2) is 24.6 Å². The Morgan fingerprint density at radius 3 is 2.15 bits per heavy atom. The molecule has 0 aromatic heterocycles. The van der Waals surface area contributed by atoms with Gasteiger partial charge in [-0.1, -0.05) is 47.0 Å². The number of carbonyl (C=O) groups is 2. The summed E-state index contributed by atoms with van der Waals surface area (Å²) in [5.74, 6) is -0.300. The molecule has 20 heavy (non-hydrogen) atoms. The van der Waals surface area contributed by atoms with Crippen LogP contribution in [0.25, 0.3) is 0 Å². The van der Waals surface area contributed by atoms with Crippen molar-refractivity contribution in [2.45, 2.75) is 78.7 Å². The van der Waals surface area contributed by atoms with Crippen LogP contribution in [0.3, 0.4) is 0 Å². The molecule has 0 spiro atoms. The molecule has 4 nitrogen and oxygen atoms in total. The van der Waals surface area contributed by atoms with Crippen molar-refractivity contribution in [2.24, 2.45) is 5.92 Å². The summed E-state index contributed by atoms with van der Waals surface area (Å²) in [7, 11) is 0. The molecule has 0 fully saturated rings. The van der Waals surface area contributed by atoms with Gasteiger partial charge in [-0.2, -0.15) is 0 Å². The van der Waals surface area contributed by atoms with Gasteiger partial charge in [0.25, 0.3) is 0 Å². The van der Waals surface area contributed by atoms with Crippen LogP contribution in [0.2, 0.25) is 0 Å². The van der Waals surface area contributed by atoms with E-state index in [0.29, 0.717) is 12.5 Å². The second-order valence-corrected chi connectivity index (χ2v) is 5.62. The minimum Gasteiger partial charge on any atom is -0.465 e. The average molecular weight is 286 g/mol. The van der Waals surface area contributed by atoms with E-state index >= 15 is 0 Å².